The molecule has 0 aliphatic rings. The Morgan fingerprint density at radius 2 is 2.19 bits per heavy atom. The smallest absolute Gasteiger partial charge is 0.127 e. The van der Waals surface area contributed by atoms with E-state index >= 15 is 0 Å². The first-order chi connectivity index (χ1) is 7.78. The summed E-state index contributed by atoms with van der Waals surface area (Å²) in [6.07, 6.45) is 0. The molecule has 1 aromatic carbocycles. The van der Waals surface area contributed by atoms with Crippen LogP contribution in [0, 0.1) is 5.82 Å². The number of hydrogen-bond donors (Lipinski definition) is 1. The van der Waals surface area contributed by atoms with Crippen LogP contribution < -0.4 is 4.74 Å². The molecule has 0 aliphatic carbocycles. The number of halogens is 1. The average molecular weight is 238 g/mol. The van der Waals surface area contributed by atoms with Crippen molar-refractivity contribution < 1.29 is 14.2 Å². The molecule has 0 aliphatic heterocycles. The van der Waals surface area contributed by atoms with Crippen molar-refractivity contribution in [2.45, 2.75) is 13.2 Å². The minimum absolute atomic E-state index is 0.187. The molecule has 2 nitrogen and oxygen atoms in total. The third kappa shape index (κ3) is 2.81. The third-order valence-electron chi connectivity index (χ3n) is 2.07. The highest BCUT2D eigenvalue weighted by atomic mass is 32.1. The zero-order chi connectivity index (χ0) is 11.4. The van der Waals surface area contributed by atoms with Crippen LogP contribution in [-0.4, -0.2) is 5.11 Å². The van der Waals surface area contributed by atoms with Crippen LogP contribution in [-0.2, 0) is 13.2 Å². The number of hydrogen-bond acceptors (Lipinski definition) is 3. The molecule has 16 heavy (non-hydrogen) atoms. The van der Waals surface area contributed by atoms with E-state index in [1.807, 2.05) is 17.5 Å². The minimum atomic E-state index is -0.396. The maximum atomic E-state index is 13.1. The Kier molecular flexibility index (Phi) is 3.54. The van der Waals surface area contributed by atoms with Gasteiger partial charge >= 0.3 is 0 Å². The topological polar surface area (TPSA) is 29.5 Å². The van der Waals surface area contributed by atoms with Crippen LogP contribution in [0.5, 0.6) is 5.75 Å². The summed E-state index contributed by atoms with van der Waals surface area (Å²) in [6.45, 7) is 0.235. The molecule has 4 heteroatoms. The zero-order valence-electron chi connectivity index (χ0n) is 8.52. The fourth-order valence-electron chi connectivity index (χ4n) is 1.34. The minimum Gasteiger partial charge on any atom is -0.488 e. The molecule has 0 radical (unpaired) electrons. The normalized spacial score (nSPS) is 10.4. The summed E-state index contributed by atoms with van der Waals surface area (Å²) in [5.74, 6) is 0.0465. The van der Waals surface area contributed by atoms with Gasteiger partial charge in [-0.3, -0.25) is 0 Å². The standard InChI is InChI=1S/C12H11FO2S/c13-10-4-9(7-14)5-11(6-10)15-8-12-2-1-3-16-12/h1-6,14H,7-8H2. The molecule has 0 spiro atoms. The van der Waals surface area contributed by atoms with Gasteiger partial charge in [-0.25, -0.2) is 4.39 Å². The average Bonchev–Trinajstić information content (AvgIpc) is 2.78. The summed E-state index contributed by atoms with van der Waals surface area (Å²) in [6, 6.07) is 8.13. The molecule has 0 amide bonds. The Balaban J connectivity index is 2.06. The van der Waals surface area contributed by atoms with Crippen molar-refractivity contribution in [1.82, 2.24) is 0 Å². The first kappa shape index (κ1) is 11.1. The van der Waals surface area contributed by atoms with Gasteiger partial charge in [-0.15, -0.1) is 11.3 Å². The molecule has 84 valence electrons. The van der Waals surface area contributed by atoms with E-state index in [1.165, 1.54) is 12.1 Å². The lowest BCUT2D eigenvalue weighted by atomic mass is 10.2. The second-order valence-electron chi connectivity index (χ2n) is 3.32. The van der Waals surface area contributed by atoms with Gasteiger partial charge in [0.15, 0.2) is 0 Å². The van der Waals surface area contributed by atoms with Gasteiger partial charge in [0, 0.05) is 10.9 Å². The van der Waals surface area contributed by atoms with E-state index in [-0.39, 0.29) is 6.61 Å². The van der Waals surface area contributed by atoms with Gasteiger partial charge in [0.25, 0.3) is 0 Å². The number of benzene rings is 1. The fraction of sp³-hybridized carbons (Fsp3) is 0.167. The van der Waals surface area contributed by atoms with Crippen molar-refractivity contribution in [1.29, 1.82) is 0 Å². The summed E-state index contributed by atoms with van der Waals surface area (Å²) in [4.78, 5) is 1.08. The van der Waals surface area contributed by atoms with Crippen molar-refractivity contribution in [3.8, 4) is 5.75 Å². The molecule has 0 saturated carbocycles. The van der Waals surface area contributed by atoms with Crippen LogP contribution in [0.25, 0.3) is 0 Å². The van der Waals surface area contributed by atoms with E-state index in [0.29, 0.717) is 17.9 Å². The van der Waals surface area contributed by atoms with Gasteiger partial charge in [0.1, 0.15) is 18.2 Å². The van der Waals surface area contributed by atoms with Crippen LogP contribution in [0.15, 0.2) is 35.7 Å². The second-order valence-corrected chi connectivity index (χ2v) is 4.35. The van der Waals surface area contributed by atoms with Crippen molar-refractivity contribution in [3.63, 3.8) is 0 Å². The Morgan fingerprint density at radius 1 is 1.31 bits per heavy atom. The lowest BCUT2D eigenvalue weighted by Gasteiger charge is -2.06. The van der Waals surface area contributed by atoms with Crippen molar-refractivity contribution in [3.05, 3.63) is 52.0 Å². The van der Waals surface area contributed by atoms with E-state index < -0.39 is 5.82 Å². The highest BCUT2D eigenvalue weighted by Crippen LogP contribution is 2.19. The Bertz CT molecular complexity index is 454. The van der Waals surface area contributed by atoms with Crippen LogP contribution >= 0.6 is 11.3 Å². The second kappa shape index (κ2) is 5.09. The van der Waals surface area contributed by atoms with Crippen molar-refractivity contribution in [2.75, 3.05) is 0 Å². The molecule has 0 unspecified atom stereocenters. The van der Waals surface area contributed by atoms with Crippen LogP contribution in [0.3, 0.4) is 0 Å². The van der Waals surface area contributed by atoms with Crippen LogP contribution in [0.2, 0.25) is 0 Å². The molecular weight excluding hydrogens is 227 g/mol. The van der Waals surface area contributed by atoms with Crippen LogP contribution in [0.4, 0.5) is 4.39 Å². The summed E-state index contributed by atoms with van der Waals surface area (Å²) in [5.41, 5.74) is 0.515. The van der Waals surface area contributed by atoms with Gasteiger partial charge < -0.3 is 9.84 Å². The predicted octanol–water partition coefficient (Wildman–Crippen LogP) is 2.96. The Morgan fingerprint density at radius 3 is 2.88 bits per heavy atom. The lowest BCUT2D eigenvalue weighted by Crippen LogP contribution is -1.95. The molecule has 0 fully saturated rings. The first-order valence-electron chi connectivity index (χ1n) is 4.83. The van der Waals surface area contributed by atoms with E-state index in [1.54, 1.807) is 17.4 Å². The van der Waals surface area contributed by atoms with E-state index in [9.17, 15) is 4.39 Å². The van der Waals surface area contributed by atoms with E-state index in [4.69, 9.17) is 9.84 Å². The maximum absolute atomic E-state index is 13.1. The van der Waals surface area contributed by atoms with Gasteiger partial charge in [0.2, 0.25) is 0 Å². The maximum Gasteiger partial charge on any atom is 0.127 e. The van der Waals surface area contributed by atoms with Gasteiger partial charge in [-0.2, -0.15) is 0 Å². The molecule has 0 saturated heterocycles. The zero-order valence-corrected chi connectivity index (χ0v) is 9.34. The highest BCUT2D eigenvalue weighted by Gasteiger charge is 2.02. The third-order valence-corrected chi connectivity index (χ3v) is 2.92. The molecule has 1 N–H and O–H groups in total. The quantitative estimate of drug-likeness (QED) is 0.887. The monoisotopic (exact) mass is 238 g/mol. The molecule has 1 aromatic heterocycles. The van der Waals surface area contributed by atoms with Crippen molar-refractivity contribution >= 4 is 11.3 Å². The SMILES string of the molecule is OCc1cc(F)cc(OCc2cccs2)c1. The molecule has 2 rings (SSSR count). The fourth-order valence-corrected chi connectivity index (χ4v) is 1.96. The number of thiophene rings is 1. The number of rotatable bonds is 4. The first-order valence-corrected chi connectivity index (χ1v) is 5.71. The Labute approximate surface area is 96.9 Å². The van der Waals surface area contributed by atoms with E-state index in [0.717, 1.165) is 4.88 Å². The molecule has 0 atom stereocenters. The molecule has 0 bridgehead atoms. The number of aliphatic hydroxyl groups excluding tert-OH is 1. The summed E-state index contributed by atoms with van der Waals surface area (Å²) < 4.78 is 18.5. The molecular formula is C12H11FO2S. The van der Waals surface area contributed by atoms with Gasteiger partial charge in [-0.1, -0.05) is 6.07 Å². The van der Waals surface area contributed by atoms with Crippen LogP contribution in [0.1, 0.15) is 10.4 Å². The van der Waals surface area contributed by atoms with Gasteiger partial charge in [-0.05, 0) is 29.1 Å². The molecule has 1 heterocycles. The number of ether oxygens (including phenoxy) is 1. The lowest BCUT2D eigenvalue weighted by molar-refractivity contribution is 0.277. The molecule has 2 aromatic rings. The summed E-state index contributed by atoms with van der Waals surface area (Å²) in [5, 5.41) is 10.9. The largest absolute Gasteiger partial charge is 0.488 e. The van der Waals surface area contributed by atoms with E-state index in [2.05, 4.69) is 0 Å². The summed E-state index contributed by atoms with van der Waals surface area (Å²) >= 11 is 1.59. The Hall–Kier alpha value is -1.39. The summed E-state index contributed by atoms with van der Waals surface area (Å²) in [7, 11) is 0. The van der Waals surface area contributed by atoms with Gasteiger partial charge in [0.05, 0.1) is 6.61 Å². The van der Waals surface area contributed by atoms with Crippen molar-refractivity contribution in [2.24, 2.45) is 0 Å². The number of aliphatic hydroxyl groups is 1. The predicted molar refractivity (Wildman–Crippen MR) is 61.0 cm³/mol. The highest BCUT2D eigenvalue weighted by molar-refractivity contribution is 7.09.